The number of hydrogen-bond donors (Lipinski definition) is 3. The maximum atomic E-state index is 13.2. The summed E-state index contributed by atoms with van der Waals surface area (Å²) in [7, 11) is 0. The van der Waals surface area contributed by atoms with Gasteiger partial charge in [-0.1, -0.05) is 6.07 Å². The quantitative estimate of drug-likeness (QED) is 0.251. The lowest BCUT2D eigenvalue weighted by molar-refractivity contribution is -0.136. The van der Waals surface area contributed by atoms with E-state index in [9.17, 15) is 24.6 Å². The number of carboxylic acids is 1. The molecule has 4 aromatic rings. The SMILES string of the molecule is O=C(O)CCc1cc(C(=O)c2ccc(OC3CCCC3)cc2O)ccc1OCc1ccc2c(=O)o[nH]c2c1. The fourth-order valence-electron chi connectivity index (χ4n) is 4.69. The van der Waals surface area contributed by atoms with Gasteiger partial charge >= 0.3 is 11.6 Å². The van der Waals surface area contributed by atoms with Gasteiger partial charge in [0.25, 0.3) is 0 Å². The van der Waals surface area contributed by atoms with Gasteiger partial charge < -0.3 is 24.2 Å². The number of ketones is 1. The van der Waals surface area contributed by atoms with E-state index in [2.05, 4.69) is 5.16 Å². The predicted octanol–water partition coefficient (Wildman–Crippen LogP) is 4.98. The summed E-state index contributed by atoms with van der Waals surface area (Å²) in [6.07, 6.45) is 4.34. The maximum absolute atomic E-state index is 13.2. The molecule has 1 saturated carbocycles. The lowest BCUT2D eigenvalue weighted by atomic mass is 9.98. The van der Waals surface area contributed by atoms with Crippen molar-refractivity contribution in [2.24, 2.45) is 0 Å². The van der Waals surface area contributed by atoms with Crippen LogP contribution in [0.2, 0.25) is 0 Å². The third-order valence-corrected chi connectivity index (χ3v) is 6.70. The zero-order chi connectivity index (χ0) is 26.6. The molecule has 196 valence electrons. The average molecular weight is 518 g/mol. The first-order valence-corrected chi connectivity index (χ1v) is 12.5. The number of aromatic nitrogens is 1. The normalized spacial score (nSPS) is 13.6. The molecule has 0 aliphatic heterocycles. The number of benzene rings is 3. The largest absolute Gasteiger partial charge is 0.507 e. The predicted molar refractivity (Wildman–Crippen MR) is 138 cm³/mol. The van der Waals surface area contributed by atoms with Crippen molar-refractivity contribution in [1.29, 1.82) is 0 Å². The second-order valence-corrected chi connectivity index (χ2v) is 9.41. The molecule has 0 unspecified atom stereocenters. The Morgan fingerprint density at radius 3 is 2.61 bits per heavy atom. The van der Waals surface area contributed by atoms with Gasteiger partial charge in [0.05, 0.1) is 22.6 Å². The number of carboxylic acid groups (broad SMARTS) is 1. The third-order valence-electron chi connectivity index (χ3n) is 6.70. The molecule has 3 aromatic carbocycles. The topological polar surface area (TPSA) is 139 Å². The Hall–Kier alpha value is -4.53. The molecule has 5 rings (SSSR count). The molecule has 1 aliphatic rings. The van der Waals surface area contributed by atoms with Crippen molar-refractivity contribution in [3.63, 3.8) is 0 Å². The lowest BCUT2D eigenvalue weighted by Crippen LogP contribution is -2.11. The number of phenols is 1. The van der Waals surface area contributed by atoms with Gasteiger partial charge in [-0.25, -0.2) is 9.95 Å². The van der Waals surface area contributed by atoms with Crippen molar-refractivity contribution >= 4 is 22.7 Å². The zero-order valence-electron chi connectivity index (χ0n) is 20.6. The van der Waals surface area contributed by atoms with Crippen LogP contribution in [0.5, 0.6) is 17.2 Å². The third kappa shape index (κ3) is 5.56. The van der Waals surface area contributed by atoms with E-state index in [1.807, 2.05) is 0 Å². The number of carbonyl (C=O) groups excluding carboxylic acids is 1. The van der Waals surface area contributed by atoms with Crippen LogP contribution in [0.3, 0.4) is 0 Å². The lowest BCUT2D eigenvalue weighted by Gasteiger charge is -2.15. The van der Waals surface area contributed by atoms with Crippen LogP contribution in [0, 0.1) is 0 Å². The molecule has 9 nitrogen and oxygen atoms in total. The van der Waals surface area contributed by atoms with Gasteiger partial charge in [-0.05, 0) is 85.7 Å². The second-order valence-electron chi connectivity index (χ2n) is 9.41. The van der Waals surface area contributed by atoms with E-state index in [1.165, 1.54) is 6.07 Å². The molecule has 0 saturated heterocycles. The minimum Gasteiger partial charge on any atom is -0.507 e. The first-order chi connectivity index (χ1) is 18.4. The number of carbonyl (C=O) groups is 2. The molecule has 3 N–H and O–H groups in total. The highest BCUT2D eigenvalue weighted by atomic mass is 16.5. The molecule has 0 bridgehead atoms. The van der Waals surface area contributed by atoms with Crippen molar-refractivity contribution in [3.05, 3.63) is 87.3 Å². The van der Waals surface area contributed by atoms with E-state index < -0.39 is 17.4 Å². The summed E-state index contributed by atoms with van der Waals surface area (Å²) < 4.78 is 16.7. The number of aryl methyl sites for hydroxylation is 1. The fourth-order valence-corrected chi connectivity index (χ4v) is 4.69. The van der Waals surface area contributed by atoms with E-state index in [0.717, 1.165) is 31.2 Å². The number of fused-ring (bicyclic) bond motifs is 1. The summed E-state index contributed by atoms with van der Waals surface area (Å²) in [4.78, 5) is 36.1. The van der Waals surface area contributed by atoms with Crippen molar-refractivity contribution in [1.82, 2.24) is 5.16 Å². The van der Waals surface area contributed by atoms with E-state index in [0.29, 0.717) is 33.5 Å². The van der Waals surface area contributed by atoms with Gasteiger partial charge in [0.1, 0.15) is 23.9 Å². The molecular weight excluding hydrogens is 490 g/mol. The van der Waals surface area contributed by atoms with Crippen LogP contribution >= 0.6 is 0 Å². The van der Waals surface area contributed by atoms with Gasteiger partial charge in [0.15, 0.2) is 5.78 Å². The molecular formula is C29H27NO8. The number of aliphatic carboxylic acids is 1. The van der Waals surface area contributed by atoms with Crippen molar-refractivity contribution in [2.45, 2.75) is 51.2 Å². The highest BCUT2D eigenvalue weighted by molar-refractivity contribution is 6.11. The summed E-state index contributed by atoms with van der Waals surface area (Å²) in [6.45, 7) is 0.153. The smallest absolute Gasteiger partial charge is 0.365 e. The second kappa shape index (κ2) is 10.8. The van der Waals surface area contributed by atoms with E-state index in [1.54, 1.807) is 48.5 Å². The molecule has 0 atom stereocenters. The van der Waals surface area contributed by atoms with Crippen LogP contribution < -0.4 is 15.1 Å². The Bertz CT molecular complexity index is 1540. The van der Waals surface area contributed by atoms with Crippen LogP contribution in [-0.4, -0.2) is 33.2 Å². The monoisotopic (exact) mass is 517 g/mol. The number of H-pyrrole nitrogens is 1. The number of rotatable bonds is 10. The molecule has 38 heavy (non-hydrogen) atoms. The maximum Gasteiger partial charge on any atom is 0.365 e. The van der Waals surface area contributed by atoms with Crippen LogP contribution in [0.1, 0.15) is 59.2 Å². The first-order valence-electron chi connectivity index (χ1n) is 12.5. The molecule has 1 aromatic heterocycles. The van der Waals surface area contributed by atoms with Crippen molar-refractivity contribution in [3.8, 4) is 17.2 Å². The van der Waals surface area contributed by atoms with E-state index >= 15 is 0 Å². The summed E-state index contributed by atoms with van der Waals surface area (Å²) in [6, 6.07) is 14.6. The van der Waals surface area contributed by atoms with Gasteiger partial charge in [-0.2, -0.15) is 0 Å². The molecule has 1 fully saturated rings. The highest BCUT2D eigenvalue weighted by Gasteiger charge is 2.20. The zero-order valence-corrected chi connectivity index (χ0v) is 20.6. The molecule has 0 spiro atoms. The van der Waals surface area contributed by atoms with Gasteiger partial charge in [-0.3, -0.25) is 9.59 Å². The minimum absolute atomic E-state index is 0.129. The number of phenolic OH excluding ortho intramolecular Hbond substituents is 1. The van der Waals surface area contributed by atoms with Crippen molar-refractivity contribution in [2.75, 3.05) is 0 Å². The molecule has 1 aliphatic carbocycles. The Kier molecular flexibility index (Phi) is 7.17. The van der Waals surface area contributed by atoms with Crippen molar-refractivity contribution < 1.29 is 33.8 Å². The average Bonchev–Trinajstić information content (AvgIpc) is 3.55. The summed E-state index contributed by atoms with van der Waals surface area (Å²) in [5, 5.41) is 22.7. The molecule has 1 heterocycles. The Labute approximate surface area is 217 Å². The number of aromatic amines is 1. The van der Waals surface area contributed by atoms with Gasteiger partial charge in [-0.15, -0.1) is 0 Å². The van der Waals surface area contributed by atoms with E-state index in [-0.39, 0.29) is 36.9 Å². The number of nitrogens with one attached hydrogen (secondary N) is 1. The van der Waals surface area contributed by atoms with Gasteiger partial charge in [0.2, 0.25) is 0 Å². The Balaban J connectivity index is 1.35. The summed E-state index contributed by atoms with van der Waals surface area (Å²) >= 11 is 0. The van der Waals surface area contributed by atoms with Crippen LogP contribution in [-0.2, 0) is 17.8 Å². The standard InChI is InChI=1S/C29H27NO8/c31-25-15-21(37-20-3-1-2-4-20)8-10-23(25)28(34)19-6-11-26(18(14-19)7-12-27(32)33)36-16-17-5-9-22-24(13-17)30-38-29(22)35/h5-6,8-11,13-15,20,30-31H,1-4,7,12,16H2,(H,32,33). The van der Waals surface area contributed by atoms with Crippen LogP contribution in [0.25, 0.3) is 10.9 Å². The molecule has 0 radical (unpaired) electrons. The molecule has 0 amide bonds. The summed E-state index contributed by atoms with van der Waals surface area (Å²) in [5.74, 6) is -0.585. The fraction of sp³-hybridized carbons (Fsp3) is 0.276. The minimum atomic E-state index is -0.975. The number of hydrogen-bond acceptors (Lipinski definition) is 7. The molecule has 9 heteroatoms. The highest BCUT2D eigenvalue weighted by Crippen LogP contribution is 2.31. The first kappa shape index (κ1) is 25.1. The Morgan fingerprint density at radius 2 is 1.84 bits per heavy atom. The van der Waals surface area contributed by atoms with Gasteiger partial charge in [0, 0.05) is 18.1 Å². The summed E-state index contributed by atoms with van der Waals surface area (Å²) in [5.41, 5.74) is 1.84. The van der Waals surface area contributed by atoms with E-state index in [4.69, 9.17) is 14.0 Å². The van der Waals surface area contributed by atoms with Crippen LogP contribution in [0.4, 0.5) is 0 Å². The Morgan fingerprint density at radius 1 is 1.03 bits per heavy atom. The van der Waals surface area contributed by atoms with Crippen LogP contribution in [0.15, 0.2) is 63.9 Å². The number of ether oxygens (including phenoxy) is 2. The number of aromatic hydroxyl groups is 1.